The fraction of sp³-hybridized carbons (Fsp3) is 0.737. The van der Waals surface area contributed by atoms with Crippen LogP contribution in [-0.4, -0.2) is 12.1 Å². The average molecular weight is 286 g/mol. The van der Waals surface area contributed by atoms with Gasteiger partial charge in [-0.05, 0) is 62.2 Å². The summed E-state index contributed by atoms with van der Waals surface area (Å²) in [5.74, 6) is 2.30. The van der Waals surface area contributed by atoms with E-state index in [-0.39, 0.29) is 12.1 Å². The second-order valence-corrected chi connectivity index (χ2v) is 8.10. The van der Waals surface area contributed by atoms with Gasteiger partial charge in [0.2, 0.25) is 0 Å². The molecular weight excluding hydrogens is 260 g/mol. The highest BCUT2D eigenvalue weighted by molar-refractivity contribution is 5.92. The minimum atomic E-state index is -0.0931. The molecule has 5 atom stereocenters. The molecule has 0 aromatic carbocycles. The summed E-state index contributed by atoms with van der Waals surface area (Å²) >= 11 is 0. The Kier molecular flexibility index (Phi) is 2.90. The number of fused-ring (bicyclic) bond motifs is 4. The molecule has 3 aliphatic carbocycles. The minimum absolute atomic E-state index is 0.0428. The first kappa shape index (κ1) is 13.6. The maximum atomic E-state index is 11.8. The van der Waals surface area contributed by atoms with Gasteiger partial charge in [-0.2, -0.15) is 0 Å². The maximum absolute atomic E-state index is 11.8. The van der Waals surface area contributed by atoms with E-state index in [2.05, 4.69) is 19.9 Å². The van der Waals surface area contributed by atoms with Crippen LogP contribution in [-0.2, 0) is 9.53 Å². The maximum Gasteiger partial charge on any atom is 0.334 e. The van der Waals surface area contributed by atoms with Crippen LogP contribution >= 0.6 is 0 Å². The van der Waals surface area contributed by atoms with E-state index < -0.39 is 0 Å². The van der Waals surface area contributed by atoms with Gasteiger partial charge in [0, 0.05) is 11.1 Å². The number of carbonyl (C=O) groups excluding carboxylic acids is 1. The fourth-order valence-corrected chi connectivity index (χ4v) is 5.50. The molecule has 4 aliphatic rings. The van der Waals surface area contributed by atoms with E-state index in [1.807, 2.05) is 6.92 Å². The van der Waals surface area contributed by atoms with Crippen molar-refractivity contribution >= 4 is 5.97 Å². The Morgan fingerprint density at radius 1 is 1.29 bits per heavy atom. The molecule has 0 spiro atoms. The smallest absolute Gasteiger partial charge is 0.334 e. The first-order valence-electron chi connectivity index (χ1n) is 8.61. The summed E-state index contributed by atoms with van der Waals surface area (Å²) in [7, 11) is 0. The number of carbonyl (C=O) groups is 1. The summed E-state index contributed by atoms with van der Waals surface area (Å²) in [6, 6.07) is 0. The van der Waals surface area contributed by atoms with Gasteiger partial charge in [0.25, 0.3) is 0 Å². The van der Waals surface area contributed by atoms with Crippen LogP contribution in [0.4, 0.5) is 0 Å². The molecule has 2 nitrogen and oxygen atoms in total. The molecule has 5 unspecified atom stereocenters. The normalized spacial score (nSPS) is 45.5. The highest BCUT2D eigenvalue weighted by atomic mass is 16.5. The van der Waals surface area contributed by atoms with Gasteiger partial charge in [-0.3, -0.25) is 0 Å². The van der Waals surface area contributed by atoms with Crippen molar-refractivity contribution < 1.29 is 9.53 Å². The first-order valence-corrected chi connectivity index (χ1v) is 8.61. The summed E-state index contributed by atoms with van der Waals surface area (Å²) in [6.07, 6.45) is 10.1. The van der Waals surface area contributed by atoms with Crippen molar-refractivity contribution in [1.82, 2.24) is 0 Å². The monoisotopic (exact) mass is 286 g/mol. The molecule has 114 valence electrons. The summed E-state index contributed by atoms with van der Waals surface area (Å²) in [4.78, 5) is 11.8. The Bertz CT molecular complexity index is 556. The van der Waals surface area contributed by atoms with Crippen LogP contribution in [0.15, 0.2) is 22.8 Å². The van der Waals surface area contributed by atoms with Crippen LogP contribution in [0.25, 0.3) is 0 Å². The molecule has 0 N–H and O–H groups in total. The van der Waals surface area contributed by atoms with Crippen LogP contribution in [0.3, 0.4) is 0 Å². The van der Waals surface area contributed by atoms with Crippen molar-refractivity contribution in [3.8, 4) is 0 Å². The van der Waals surface area contributed by atoms with E-state index in [1.165, 1.54) is 37.7 Å². The summed E-state index contributed by atoms with van der Waals surface area (Å²) in [5.41, 5.74) is 4.06. The van der Waals surface area contributed by atoms with Crippen molar-refractivity contribution in [2.45, 2.75) is 65.4 Å². The fourth-order valence-electron chi connectivity index (χ4n) is 5.50. The lowest BCUT2D eigenvalue weighted by Gasteiger charge is -2.54. The van der Waals surface area contributed by atoms with Gasteiger partial charge in [0.15, 0.2) is 0 Å². The summed E-state index contributed by atoms with van der Waals surface area (Å²) < 4.78 is 5.61. The van der Waals surface area contributed by atoms with Crippen LogP contribution in [0.5, 0.6) is 0 Å². The summed E-state index contributed by atoms with van der Waals surface area (Å²) in [6.45, 7) is 6.85. The Balaban J connectivity index is 1.70. The topological polar surface area (TPSA) is 26.3 Å². The zero-order valence-corrected chi connectivity index (χ0v) is 13.4. The van der Waals surface area contributed by atoms with Crippen molar-refractivity contribution in [2.24, 2.45) is 23.2 Å². The molecule has 21 heavy (non-hydrogen) atoms. The SMILES string of the molecule is CC1=C2C=C3CCC4CC(C)CCC4(C)C3CC2OC1=O. The molecule has 1 heterocycles. The van der Waals surface area contributed by atoms with Gasteiger partial charge >= 0.3 is 5.97 Å². The van der Waals surface area contributed by atoms with Crippen molar-refractivity contribution in [3.05, 3.63) is 22.8 Å². The lowest BCUT2D eigenvalue weighted by molar-refractivity contribution is -0.141. The number of ether oxygens (including phenoxy) is 1. The highest BCUT2D eigenvalue weighted by Crippen LogP contribution is 2.59. The van der Waals surface area contributed by atoms with Crippen molar-refractivity contribution in [2.75, 3.05) is 0 Å². The average Bonchev–Trinajstić information content (AvgIpc) is 2.73. The molecule has 2 saturated carbocycles. The van der Waals surface area contributed by atoms with E-state index >= 15 is 0 Å². The minimum Gasteiger partial charge on any atom is -0.454 e. The Morgan fingerprint density at radius 3 is 2.90 bits per heavy atom. The van der Waals surface area contributed by atoms with Crippen LogP contribution in [0, 0.1) is 23.2 Å². The quantitative estimate of drug-likeness (QED) is 0.616. The number of rotatable bonds is 0. The van der Waals surface area contributed by atoms with Gasteiger partial charge in [-0.25, -0.2) is 4.79 Å². The molecule has 1 aliphatic heterocycles. The third kappa shape index (κ3) is 1.87. The first-order chi connectivity index (χ1) is 9.99. The van der Waals surface area contributed by atoms with Crippen LogP contribution in [0.2, 0.25) is 0 Å². The van der Waals surface area contributed by atoms with Gasteiger partial charge in [0.1, 0.15) is 6.10 Å². The zero-order chi connectivity index (χ0) is 14.8. The number of esters is 1. The van der Waals surface area contributed by atoms with Crippen molar-refractivity contribution in [1.29, 1.82) is 0 Å². The third-order valence-corrected chi connectivity index (χ3v) is 6.95. The zero-order valence-electron chi connectivity index (χ0n) is 13.4. The van der Waals surface area contributed by atoms with E-state index in [9.17, 15) is 4.79 Å². The molecule has 4 rings (SSSR count). The molecule has 0 amide bonds. The number of allylic oxidation sites excluding steroid dienone is 1. The highest BCUT2D eigenvalue weighted by Gasteiger charge is 2.51. The molecule has 0 radical (unpaired) electrons. The number of hydrogen-bond acceptors (Lipinski definition) is 2. The third-order valence-electron chi connectivity index (χ3n) is 6.95. The molecule has 0 saturated heterocycles. The van der Waals surface area contributed by atoms with Crippen LogP contribution in [0.1, 0.15) is 59.3 Å². The molecule has 0 bridgehead atoms. The molecule has 2 fully saturated rings. The van der Waals surface area contributed by atoms with Gasteiger partial charge < -0.3 is 4.74 Å². The van der Waals surface area contributed by atoms with Gasteiger partial charge in [0.05, 0.1) is 0 Å². The molecular formula is C19H26O2. The van der Waals surface area contributed by atoms with Gasteiger partial charge in [-0.15, -0.1) is 0 Å². The second kappa shape index (κ2) is 4.47. The molecule has 0 aromatic heterocycles. The molecule has 0 aromatic rings. The predicted molar refractivity (Wildman–Crippen MR) is 82.6 cm³/mol. The predicted octanol–water partition coefficient (Wildman–Crippen LogP) is 4.41. The van der Waals surface area contributed by atoms with E-state index in [1.54, 1.807) is 5.57 Å². The summed E-state index contributed by atoms with van der Waals surface area (Å²) in [5, 5.41) is 0. The molecule has 2 heteroatoms. The van der Waals surface area contributed by atoms with E-state index in [4.69, 9.17) is 4.74 Å². The Morgan fingerprint density at radius 2 is 2.10 bits per heavy atom. The van der Waals surface area contributed by atoms with Crippen LogP contribution < -0.4 is 0 Å². The Hall–Kier alpha value is -1.05. The Labute approximate surface area is 127 Å². The standard InChI is InChI=1S/C19H26O2/c1-11-6-7-19(3)14(8-11)5-4-13-9-15-12(2)18(20)21-17(15)10-16(13)19/h9,11,14,16-17H,4-8,10H2,1-3H3. The van der Waals surface area contributed by atoms with E-state index in [0.29, 0.717) is 11.3 Å². The largest absolute Gasteiger partial charge is 0.454 e. The van der Waals surface area contributed by atoms with Gasteiger partial charge in [-0.1, -0.05) is 31.9 Å². The lowest BCUT2D eigenvalue weighted by atomic mass is 9.51. The van der Waals surface area contributed by atoms with Crippen molar-refractivity contribution in [3.63, 3.8) is 0 Å². The lowest BCUT2D eigenvalue weighted by Crippen LogP contribution is -2.46. The number of hydrogen-bond donors (Lipinski definition) is 0. The van der Waals surface area contributed by atoms with E-state index in [0.717, 1.165) is 23.8 Å². The second-order valence-electron chi connectivity index (χ2n) is 8.10.